The van der Waals surface area contributed by atoms with E-state index < -0.39 is 0 Å². The van der Waals surface area contributed by atoms with Gasteiger partial charge in [0.2, 0.25) is 5.95 Å². The van der Waals surface area contributed by atoms with E-state index in [0.717, 1.165) is 16.7 Å². The van der Waals surface area contributed by atoms with Gasteiger partial charge < -0.3 is 5.32 Å². The number of para-hydroxylation sites is 1. The second kappa shape index (κ2) is 5.02. The minimum Gasteiger partial charge on any atom is -0.353 e. The predicted octanol–water partition coefficient (Wildman–Crippen LogP) is 3.88. The lowest BCUT2D eigenvalue weighted by Crippen LogP contribution is -2.17. The Morgan fingerprint density at radius 1 is 1.22 bits per heavy atom. The monoisotopic (exact) mass is 261 g/mol. The summed E-state index contributed by atoms with van der Waals surface area (Å²) in [6.07, 6.45) is 8.83. The number of nitrogens with zero attached hydrogens (tertiary/aromatic N) is 2. The average molecular weight is 262 g/mol. The Morgan fingerprint density at radius 3 is 2.78 bits per heavy atom. The molecule has 1 saturated carbocycles. The number of imidazole rings is 1. The van der Waals surface area contributed by atoms with Crippen LogP contribution in [0.3, 0.4) is 0 Å². The van der Waals surface area contributed by atoms with Crippen molar-refractivity contribution >= 4 is 17.5 Å². The molecule has 1 aromatic heterocycles. The summed E-state index contributed by atoms with van der Waals surface area (Å²) in [7, 11) is 0. The molecule has 1 aliphatic rings. The lowest BCUT2D eigenvalue weighted by atomic mass is 10.2. The topological polar surface area (TPSA) is 29.9 Å². The average Bonchev–Trinajstić information content (AvgIpc) is 3.02. The van der Waals surface area contributed by atoms with E-state index in [-0.39, 0.29) is 0 Å². The lowest BCUT2D eigenvalue weighted by Gasteiger charge is -2.15. The number of benzene rings is 1. The molecule has 3 rings (SSSR count). The second-order valence-electron chi connectivity index (χ2n) is 4.70. The molecule has 1 fully saturated rings. The van der Waals surface area contributed by atoms with Crippen LogP contribution < -0.4 is 5.32 Å². The van der Waals surface area contributed by atoms with Gasteiger partial charge in [0.1, 0.15) is 0 Å². The van der Waals surface area contributed by atoms with Crippen molar-refractivity contribution in [3.8, 4) is 5.69 Å². The highest BCUT2D eigenvalue weighted by Crippen LogP contribution is 2.26. The van der Waals surface area contributed by atoms with Gasteiger partial charge in [-0.05, 0) is 25.0 Å². The van der Waals surface area contributed by atoms with Gasteiger partial charge in [-0.25, -0.2) is 4.98 Å². The molecule has 1 N–H and O–H groups in total. The summed E-state index contributed by atoms with van der Waals surface area (Å²) < 4.78 is 2.01. The zero-order valence-electron chi connectivity index (χ0n) is 10.1. The molecule has 0 atom stereocenters. The highest BCUT2D eigenvalue weighted by atomic mass is 35.5. The van der Waals surface area contributed by atoms with Crippen LogP contribution in [-0.2, 0) is 0 Å². The third kappa shape index (κ3) is 2.23. The molecule has 2 aromatic rings. The van der Waals surface area contributed by atoms with Gasteiger partial charge in [-0.15, -0.1) is 0 Å². The van der Waals surface area contributed by atoms with Crippen molar-refractivity contribution in [3.05, 3.63) is 41.7 Å². The minimum atomic E-state index is 0.550. The largest absolute Gasteiger partial charge is 0.353 e. The minimum absolute atomic E-state index is 0.550. The molecule has 4 heteroatoms. The molecule has 3 nitrogen and oxygen atoms in total. The van der Waals surface area contributed by atoms with Crippen LogP contribution in [0.4, 0.5) is 5.95 Å². The number of nitrogens with one attached hydrogen (secondary N) is 1. The molecular formula is C14H16ClN3. The maximum Gasteiger partial charge on any atom is 0.207 e. The van der Waals surface area contributed by atoms with Crippen LogP contribution in [0.25, 0.3) is 5.69 Å². The summed E-state index contributed by atoms with van der Waals surface area (Å²) in [5, 5.41) is 4.25. The molecule has 0 aliphatic heterocycles. The van der Waals surface area contributed by atoms with Crippen molar-refractivity contribution in [3.63, 3.8) is 0 Å². The maximum atomic E-state index is 6.23. The number of hydrogen-bond acceptors (Lipinski definition) is 2. The third-order valence-corrected chi connectivity index (χ3v) is 3.76. The second-order valence-corrected chi connectivity index (χ2v) is 5.11. The summed E-state index contributed by atoms with van der Waals surface area (Å²) in [4.78, 5) is 4.39. The standard InChI is InChI=1S/C14H16ClN3/c15-12-7-3-4-8-13(12)18-10-9-16-14(18)17-11-5-1-2-6-11/h3-4,7-11H,1-2,5-6H2,(H,16,17). The van der Waals surface area contributed by atoms with Crippen molar-refractivity contribution in [2.24, 2.45) is 0 Å². The first kappa shape index (κ1) is 11.6. The van der Waals surface area contributed by atoms with E-state index in [0.29, 0.717) is 6.04 Å². The van der Waals surface area contributed by atoms with Crippen molar-refractivity contribution in [1.29, 1.82) is 0 Å². The Hall–Kier alpha value is -1.48. The van der Waals surface area contributed by atoms with Crippen LogP contribution in [0.5, 0.6) is 0 Å². The van der Waals surface area contributed by atoms with E-state index in [2.05, 4.69) is 10.3 Å². The van der Waals surface area contributed by atoms with E-state index >= 15 is 0 Å². The zero-order valence-corrected chi connectivity index (χ0v) is 10.9. The first-order valence-corrected chi connectivity index (χ1v) is 6.77. The summed E-state index contributed by atoms with van der Waals surface area (Å²) in [6, 6.07) is 8.38. The number of anilines is 1. The van der Waals surface area contributed by atoms with E-state index in [4.69, 9.17) is 11.6 Å². The molecular weight excluding hydrogens is 246 g/mol. The fourth-order valence-electron chi connectivity index (χ4n) is 2.50. The van der Waals surface area contributed by atoms with Gasteiger partial charge in [0.05, 0.1) is 10.7 Å². The van der Waals surface area contributed by atoms with Crippen molar-refractivity contribution in [1.82, 2.24) is 9.55 Å². The zero-order chi connectivity index (χ0) is 12.4. The Bertz CT molecular complexity index is 529. The van der Waals surface area contributed by atoms with Crippen LogP contribution in [0.2, 0.25) is 5.02 Å². The van der Waals surface area contributed by atoms with Crippen molar-refractivity contribution in [2.75, 3.05) is 5.32 Å². The molecule has 18 heavy (non-hydrogen) atoms. The van der Waals surface area contributed by atoms with E-state index in [1.165, 1.54) is 25.7 Å². The summed E-state index contributed by atoms with van der Waals surface area (Å²) in [5.41, 5.74) is 0.970. The van der Waals surface area contributed by atoms with Gasteiger partial charge in [-0.2, -0.15) is 0 Å². The molecule has 0 unspecified atom stereocenters. The Kier molecular flexibility index (Phi) is 3.24. The highest BCUT2D eigenvalue weighted by molar-refractivity contribution is 6.32. The van der Waals surface area contributed by atoms with Crippen LogP contribution in [0, 0.1) is 0 Å². The first-order chi connectivity index (χ1) is 8.84. The van der Waals surface area contributed by atoms with Crippen molar-refractivity contribution < 1.29 is 0 Å². The SMILES string of the molecule is Clc1ccccc1-n1ccnc1NC1CCCC1. The maximum absolute atomic E-state index is 6.23. The van der Waals surface area contributed by atoms with Crippen LogP contribution in [-0.4, -0.2) is 15.6 Å². The molecule has 1 aromatic carbocycles. The van der Waals surface area contributed by atoms with Gasteiger partial charge in [-0.1, -0.05) is 36.6 Å². The van der Waals surface area contributed by atoms with Gasteiger partial charge in [0.25, 0.3) is 0 Å². The molecule has 0 radical (unpaired) electrons. The van der Waals surface area contributed by atoms with E-state index in [1.807, 2.05) is 35.0 Å². The number of hydrogen-bond donors (Lipinski definition) is 1. The fraction of sp³-hybridized carbons (Fsp3) is 0.357. The fourth-order valence-corrected chi connectivity index (χ4v) is 2.73. The van der Waals surface area contributed by atoms with Crippen LogP contribution >= 0.6 is 11.6 Å². The molecule has 0 bridgehead atoms. The Balaban J connectivity index is 1.89. The summed E-state index contributed by atoms with van der Waals surface area (Å²) >= 11 is 6.23. The van der Waals surface area contributed by atoms with Crippen LogP contribution in [0.15, 0.2) is 36.7 Å². The normalized spacial score (nSPS) is 16.1. The lowest BCUT2D eigenvalue weighted by molar-refractivity contribution is 0.740. The molecule has 1 heterocycles. The van der Waals surface area contributed by atoms with E-state index in [9.17, 15) is 0 Å². The smallest absolute Gasteiger partial charge is 0.207 e. The summed E-state index contributed by atoms with van der Waals surface area (Å²) in [6.45, 7) is 0. The molecule has 1 aliphatic carbocycles. The highest BCUT2D eigenvalue weighted by Gasteiger charge is 2.17. The quantitative estimate of drug-likeness (QED) is 0.909. The molecule has 0 spiro atoms. The molecule has 0 saturated heterocycles. The van der Waals surface area contributed by atoms with Crippen LogP contribution in [0.1, 0.15) is 25.7 Å². The molecule has 0 amide bonds. The summed E-state index contributed by atoms with van der Waals surface area (Å²) in [5.74, 6) is 0.884. The predicted molar refractivity (Wildman–Crippen MR) is 74.5 cm³/mol. The Morgan fingerprint density at radius 2 is 2.00 bits per heavy atom. The Labute approximate surface area is 112 Å². The van der Waals surface area contributed by atoms with Gasteiger partial charge >= 0.3 is 0 Å². The number of halogens is 1. The van der Waals surface area contributed by atoms with Gasteiger partial charge in [-0.3, -0.25) is 4.57 Å². The van der Waals surface area contributed by atoms with Gasteiger partial charge in [0, 0.05) is 18.4 Å². The number of aromatic nitrogens is 2. The molecule has 94 valence electrons. The number of rotatable bonds is 3. The third-order valence-electron chi connectivity index (χ3n) is 3.44. The van der Waals surface area contributed by atoms with E-state index in [1.54, 1.807) is 6.20 Å². The van der Waals surface area contributed by atoms with Gasteiger partial charge in [0.15, 0.2) is 0 Å². The first-order valence-electron chi connectivity index (χ1n) is 6.39. The van der Waals surface area contributed by atoms with Crippen molar-refractivity contribution in [2.45, 2.75) is 31.7 Å².